The Morgan fingerprint density at radius 3 is 2.67 bits per heavy atom. The second kappa shape index (κ2) is 3.50. The van der Waals surface area contributed by atoms with Gasteiger partial charge in [-0.3, -0.25) is 0 Å². The fourth-order valence-electron chi connectivity index (χ4n) is 0.860. The summed E-state index contributed by atoms with van der Waals surface area (Å²) in [6.07, 6.45) is 3.33. The standard InChI is InChI=1S/C9H13ClO2/c1-9(2,3)12-8-5-4-7(6-10)11-8/h4-6,8H,1-3H3/b7-6+. The topological polar surface area (TPSA) is 18.5 Å². The van der Waals surface area contributed by atoms with Crippen LogP contribution in [0.4, 0.5) is 0 Å². The monoisotopic (exact) mass is 188 g/mol. The van der Waals surface area contributed by atoms with Crippen LogP contribution >= 0.6 is 11.6 Å². The Morgan fingerprint density at radius 1 is 1.58 bits per heavy atom. The maximum atomic E-state index is 5.52. The highest BCUT2D eigenvalue weighted by molar-refractivity contribution is 6.25. The van der Waals surface area contributed by atoms with Gasteiger partial charge < -0.3 is 9.47 Å². The smallest absolute Gasteiger partial charge is 0.220 e. The van der Waals surface area contributed by atoms with Gasteiger partial charge in [-0.05, 0) is 32.9 Å². The van der Waals surface area contributed by atoms with E-state index < -0.39 is 0 Å². The summed E-state index contributed by atoms with van der Waals surface area (Å²) in [6.45, 7) is 5.94. The molecule has 1 heterocycles. The van der Waals surface area contributed by atoms with Crippen molar-refractivity contribution in [3.63, 3.8) is 0 Å². The molecule has 1 aliphatic heterocycles. The molecule has 0 aliphatic carbocycles. The average Bonchev–Trinajstić information content (AvgIpc) is 2.32. The van der Waals surface area contributed by atoms with E-state index in [2.05, 4.69) is 0 Å². The molecule has 1 unspecified atom stereocenters. The summed E-state index contributed by atoms with van der Waals surface area (Å²) in [5, 5.41) is 0. The Kier molecular flexibility index (Phi) is 2.80. The van der Waals surface area contributed by atoms with E-state index >= 15 is 0 Å². The molecule has 1 rings (SSSR count). The fraction of sp³-hybridized carbons (Fsp3) is 0.556. The Balaban J connectivity index is 2.45. The van der Waals surface area contributed by atoms with Crippen molar-refractivity contribution in [1.29, 1.82) is 0 Å². The molecule has 1 aliphatic rings. The van der Waals surface area contributed by atoms with E-state index in [0.29, 0.717) is 5.76 Å². The molecule has 0 spiro atoms. The van der Waals surface area contributed by atoms with E-state index in [9.17, 15) is 0 Å². The van der Waals surface area contributed by atoms with E-state index in [0.717, 1.165) is 0 Å². The zero-order valence-corrected chi connectivity index (χ0v) is 8.26. The number of allylic oxidation sites excluding steroid dienone is 1. The summed E-state index contributed by atoms with van der Waals surface area (Å²) >= 11 is 5.45. The molecule has 0 aromatic carbocycles. The van der Waals surface area contributed by atoms with E-state index in [4.69, 9.17) is 21.1 Å². The van der Waals surface area contributed by atoms with Crippen LogP contribution in [-0.2, 0) is 9.47 Å². The van der Waals surface area contributed by atoms with Crippen molar-refractivity contribution in [2.75, 3.05) is 0 Å². The highest BCUT2D eigenvalue weighted by atomic mass is 35.5. The Labute approximate surface area is 77.8 Å². The summed E-state index contributed by atoms with van der Waals surface area (Å²) in [7, 11) is 0. The van der Waals surface area contributed by atoms with Crippen LogP contribution in [0.3, 0.4) is 0 Å². The van der Waals surface area contributed by atoms with Gasteiger partial charge in [-0.15, -0.1) is 0 Å². The van der Waals surface area contributed by atoms with Gasteiger partial charge in [-0.25, -0.2) is 0 Å². The van der Waals surface area contributed by atoms with Crippen LogP contribution in [0.5, 0.6) is 0 Å². The molecule has 0 radical (unpaired) electrons. The molecule has 0 aromatic heterocycles. The molecule has 12 heavy (non-hydrogen) atoms. The lowest BCUT2D eigenvalue weighted by atomic mass is 10.2. The molecule has 0 amide bonds. The van der Waals surface area contributed by atoms with Gasteiger partial charge in [0.15, 0.2) is 0 Å². The molecule has 0 saturated heterocycles. The maximum absolute atomic E-state index is 5.52. The van der Waals surface area contributed by atoms with Crippen LogP contribution < -0.4 is 0 Å². The van der Waals surface area contributed by atoms with Crippen molar-refractivity contribution < 1.29 is 9.47 Å². The summed E-state index contributed by atoms with van der Waals surface area (Å²) < 4.78 is 10.8. The second-order valence-electron chi connectivity index (χ2n) is 3.59. The Bertz CT molecular complexity index is 213. The molecule has 0 fully saturated rings. The van der Waals surface area contributed by atoms with Gasteiger partial charge in [0.2, 0.25) is 6.29 Å². The minimum Gasteiger partial charge on any atom is -0.460 e. The van der Waals surface area contributed by atoms with Crippen molar-refractivity contribution >= 4 is 11.6 Å². The normalized spacial score (nSPS) is 26.3. The molecule has 2 nitrogen and oxygen atoms in total. The molecule has 1 atom stereocenters. The highest BCUT2D eigenvalue weighted by Crippen LogP contribution is 2.21. The van der Waals surface area contributed by atoms with Crippen molar-refractivity contribution in [3.8, 4) is 0 Å². The number of rotatable bonds is 1. The predicted molar refractivity (Wildman–Crippen MR) is 48.8 cm³/mol. The molecule has 0 N–H and O–H groups in total. The van der Waals surface area contributed by atoms with E-state index in [1.807, 2.05) is 26.8 Å². The van der Waals surface area contributed by atoms with Gasteiger partial charge in [0.1, 0.15) is 5.76 Å². The molecule has 68 valence electrons. The van der Waals surface area contributed by atoms with E-state index in [1.165, 1.54) is 5.54 Å². The van der Waals surface area contributed by atoms with Gasteiger partial charge in [0, 0.05) is 5.54 Å². The van der Waals surface area contributed by atoms with Crippen LogP contribution in [0.1, 0.15) is 20.8 Å². The molecule has 0 aromatic rings. The Hall–Kier alpha value is -0.470. The number of ether oxygens (including phenoxy) is 2. The molecule has 0 bridgehead atoms. The third-order valence-electron chi connectivity index (χ3n) is 1.25. The van der Waals surface area contributed by atoms with E-state index in [1.54, 1.807) is 6.08 Å². The van der Waals surface area contributed by atoms with Crippen LogP contribution in [0.15, 0.2) is 23.4 Å². The lowest BCUT2D eigenvalue weighted by Gasteiger charge is -2.23. The van der Waals surface area contributed by atoms with Crippen LogP contribution in [0.2, 0.25) is 0 Å². The first-order chi connectivity index (χ1) is 5.51. The highest BCUT2D eigenvalue weighted by Gasteiger charge is 2.21. The predicted octanol–water partition coefficient (Wildman–Crippen LogP) is 2.79. The summed E-state index contributed by atoms with van der Waals surface area (Å²) in [6, 6.07) is 0. The number of hydrogen-bond acceptors (Lipinski definition) is 2. The lowest BCUT2D eigenvalue weighted by molar-refractivity contribution is -0.141. The molecular formula is C9H13ClO2. The van der Waals surface area contributed by atoms with E-state index in [-0.39, 0.29) is 11.9 Å². The average molecular weight is 189 g/mol. The quantitative estimate of drug-likeness (QED) is 0.630. The van der Waals surface area contributed by atoms with Crippen LogP contribution in [-0.4, -0.2) is 11.9 Å². The maximum Gasteiger partial charge on any atom is 0.220 e. The minimum atomic E-state index is -0.296. The summed E-state index contributed by atoms with van der Waals surface area (Å²) in [4.78, 5) is 0. The fourth-order valence-corrected chi connectivity index (χ4v) is 0.984. The van der Waals surface area contributed by atoms with Gasteiger partial charge in [-0.1, -0.05) is 11.6 Å². The Morgan fingerprint density at radius 2 is 2.25 bits per heavy atom. The van der Waals surface area contributed by atoms with Crippen molar-refractivity contribution in [1.82, 2.24) is 0 Å². The number of halogens is 1. The minimum absolute atomic E-state index is 0.198. The van der Waals surface area contributed by atoms with Gasteiger partial charge in [0.25, 0.3) is 0 Å². The van der Waals surface area contributed by atoms with Crippen molar-refractivity contribution in [3.05, 3.63) is 23.4 Å². The summed E-state index contributed by atoms with van der Waals surface area (Å²) in [5.41, 5.74) is 1.19. The molecule has 3 heteroatoms. The SMILES string of the molecule is CC(C)(C)OC1C=C/C(=C\Cl)O1. The van der Waals surface area contributed by atoms with Gasteiger partial charge in [-0.2, -0.15) is 0 Å². The van der Waals surface area contributed by atoms with Crippen LogP contribution in [0.25, 0.3) is 0 Å². The third kappa shape index (κ3) is 2.88. The number of hydrogen-bond donors (Lipinski definition) is 0. The summed E-state index contributed by atoms with van der Waals surface area (Å²) in [5.74, 6) is 0.644. The van der Waals surface area contributed by atoms with Gasteiger partial charge >= 0.3 is 0 Å². The molecular weight excluding hydrogens is 176 g/mol. The van der Waals surface area contributed by atoms with Crippen molar-refractivity contribution in [2.45, 2.75) is 32.7 Å². The second-order valence-corrected chi connectivity index (χ2v) is 3.81. The lowest BCUT2D eigenvalue weighted by Crippen LogP contribution is -2.26. The van der Waals surface area contributed by atoms with Gasteiger partial charge in [0.05, 0.1) is 5.60 Å². The third-order valence-corrected chi connectivity index (χ3v) is 1.46. The van der Waals surface area contributed by atoms with Crippen molar-refractivity contribution in [2.24, 2.45) is 0 Å². The zero-order valence-electron chi connectivity index (χ0n) is 7.50. The van der Waals surface area contributed by atoms with Crippen LogP contribution in [0, 0.1) is 0 Å². The zero-order chi connectivity index (χ0) is 9.19. The first-order valence-corrected chi connectivity index (χ1v) is 4.28. The first-order valence-electron chi connectivity index (χ1n) is 3.84. The molecule has 0 saturated carbocycles. The first kappa shape index (κ1) is 9.62. The largest absolute Gasteiger partial charge is 0.460 e.